The number of nitrogens with zero attached hydrogens (tertiary/aromatic N) is 1. The van der Waals surface area contributed by atoms with Crippen molar-refractivity contribution >= 4 is 5.69 Å². The number of hydrogen-bond acceptors (Lipinski definition) is 3. The zero-order valence-corrected chi connectivity index (χ0v) is 11.1. The third-order valence-electron chi connectivity index (χ3n) is 3.23. The van der Waals surface area contributed by atoms with Gasteiger partial charge in [-0.2, -0.15) is 5.10 Å². The molecular formula is C16H15N3O. The van der Waals surface area contributed by atoms with Gasteiger partial charge >= 0.3 is 0 Å². The van der Waals surface area contributed by atoms with Crippen LogP contribution in [0, 0.1) is 0 Å². The van der Waals surface area contributed by atoms with Crippen LogP contribution in [0.15, 0.2) is 54.6 Å². The van der Waals surface area contributed by atoms with Gasteiger partial charge in [0.2, 0.25) is 0 Å². The highest BCUT2D eigenvalue weighted by Crippen LogP contribution is 2.36. The Kier molecular flexibility index (Phi) is 3.13. The average Bonchev–Trinajstić information content (AvgIpc) is 2.89. The van der Waals surface area contributed by atoms with E-state index in [0.29, 0.717) is 5.69 Å². The molecule has 4 nitrogen and oxygen atoms in total. The van der Waals surface area contributed by atoms with Crippen LogP contribution >= 0.6 is 0 Å². The largest absolute Gasteiger partial charge is 0.496 e. The van der Waals surface area contributed by atoms with Gasteiger partial charge < -0.3 is 10.5 Å². The molecule has 0 saturated heterocycles. The lowest BCUT2D eigenvalue weighted by molar-refractivity contribution is 0.416. The second kappa shape index (κ2) is 5.09. The summed E-state index contributed by atoms with van der Waals surface area (Å²) in [7, 11) is 1.64. The van der Waals surface area contributed by atoms with E-state index in [1.54, 1.807) is 7.11 Å². The number of aromatic amines is 1. The average molecular weight is 265 g/mol. The summed E-state index contributed by atoms with van der Waals surface area (Å²) in [6, 6.07) is 17.6. The monoisotopic (exact) mass is 265 g/mol. The Balaban J connectivity index is 2.11. The Morgan fingerprint density at radius 1 is 1.00 bits per heavy atom. The summed E-state index contributed by atoms with van der Waals surface area (Å²) in [4.78, 5) is 0. The number of ether oxygens (including phenoxy) is 1. The van der Waals surface area contributed by atoms with Crippen molar-refractivity contribution in [2.75, 3.05) is 12.8 Å². The van der Waals surface area contributed by atoms with Gasteiger partial charge in [0.25, 0.3) is 0 Å². The van der Waals surface area contributed by atoms with Crippen LogP contribution in [0.25, 0.3) is 22.5 Å². The standard InChI is InChI=1S/C16H15N3O/c1-20-13-10-6-5-9-12(13)16-14(17)15(18-19-16)11-7-3-2-4-8-11/h2-10H,17H2,1H3,(H,18,19). The first-order chi connectivity index (χ1) is 9.81. The summed E-state index contributed by atoms with van der Waals surface area (Å²) in [6.07, 6.45) is 0. The quantitative estimate of drug-likeness (QED) is 0.763. The summed E-state index contributed by atoms with van der Waals surface area (Å²) in [5, 5.41) is 7.34. The van der Waals surface area contributed by atoms with E-state index in [-0.39, 0.29) is 0 Å². The Hall–Kier alpha value is -2.75. The van der Waals surface area contributed by atoms with Crippen LogP contribution in [0.5, 0.6) is 5.75 Å². The van der Waals surface area contributed by atoms with Crippen LogP contribution in [-0.2, 0) is 0 Å². The van der Waals surface area contributed by atoms with Gasteiger partial charge in [-0.15, -0.1) is 0 Å². The molecule has 20 heavy (non-hydrogen) atoms. The Bertz CT molecular complexity index is 720. The summed E-state index contributed by atoms with van der Waals surface area (Å²) in [5.41, 5.74) is 10.3. The molecule has 0 radical (unpaired) electrons. The van der Waals surface area contributed by atoms with Crippen LogP contribution in [0.1, 0.15) is 0 Å². The van der Waals surface area contributed by atoms with Crippen molar-refractivity contribution in [3.05, 3.63) is 54.6 Å². The van der Waals surface area contributed by atoms with Crippen molar-refractivity contribution in [1.29, 1.82) is 0 Å². The van der Waals surface area contributed by atoms with Gasteiger partial charge in [0.1, 0.15) is 11.4 Å². The fourth-order valence-electron chi connectivity index (χ4n) is 2.22. The first-order valence-electron chi connectivity index (χ1n) is 6.34. The molecule has 0 bridgehead atoms. The highest BCUT2D eigenvalue weighted by atomic mass is 16.5. The Morgan fingerprint density at radius 2 is 1.70 bits per heavy atom. The predicted molar refractivity (Wildman–Crippen MR) is 80.4 cm³/mol. The fraction of sp³-hybridized carbons (Fsp3) is 0.0625. The number of para-hydroxylation sites is 1. The third-order valence-corrected chi connectivity index (χ3v) is 3.23. The molecule has 1 heterocycles. The highest BCUT2D eigenvalue weighted by molar-refractivity contribution is 5.86. The van der Waals surface area contributed by atoms with Crippen molar-refractivity contribution in [3.63, 3.8) is 0 Å². The molecule has 0 unspecified atom stereocenters. The molecule has 0 aliphatic heterocycles. The molecule has 1 aromatic heterocycles. The second-order valence-corrected chi connectivity index (χ2v) is 4.43. The Labute approximate surface area is 117 Å². The normalized spacial score (nSPS) is 10.4. The summed E-state index contributed by atoms with van der Waals surface area (Å²) in [6.45, 7) is 0. The minimum Gasteiger partial charge on any atom is -0.496 e. The van der Waals surface area contributed by atoms with E-state index < -0.39 is 0 Å². The van der Waals surface area contributed by atoms with Crippen LogP contribution in [0.2, 0.25) is 0 Å². The van der Waals surface area contributed by atoms with E-state index in [9.17, 15) is 0 Å². The van der Waals surface area contributed by atoms with Gasteiger partial charge in [-0.1, -0.05) is 42.5 Å². The first kappa shape index (κ1) is 12.3. The lowest BCUT2D eigenvalue weighted by Gasteiger charge is -2.07. The van der Waals surface area contributed by atoms with Crippen molar-refractivity contribution in [2.45, 2.75) is 0 Å². The van der Waals surface area contributed by atoms with Crippen LogP contribution in [0.4, 0.5) is 5.69 Å². The zero-order chi connectivity index (χ0) is 13.9. The SMILES string of the molecule is COc1ccccc1-c1[nH]nc(-c2ccccc2)c1N. The molecule has 0 aliphatic rings. The number of methoxy groups -OCH3 is 1. The molecule has 3 aromatic rings. The zero-order valence-electron chi connectivity index (χ0n) is 11.1. The van der Waals surface area contributed by atoms with Gasteiger partial charge in [0.15, 0.2) is 0 Å². The summed E-state index contributed by atoms with van der Waals surface area (Å²) >= 11 is 0. The third kappa shape index (κ3) is 2.01. The maximum absolute atomic E-state index is 6.24. The number of nitrogen functional groups attached to an aromatic ring is 1. The summed E-state index contributed by atoms with van der Waals surface area (Å²) in [5.74, 6) is 0.766. The van der Waals surface area contributed by atoms with E-state index in [2.05, 4.69) is 10.2 Å². The second-order valence-electron chi connectivity index (χ2n) is 4.43. The molecule has 0 atom stereocenters. The lowest BCUT2D eigenvalue weighted by atomic mass is 10.1. The molecule has 3 N–H and O–H groups in total. The highest BCUT2D eigenvalue weighted by Gasteiger charge is 2.15. The predicted octanol–water partition coefficient (Wildman–Crippen LogP) is 3.33. The maximum atomic E-state index is 6.24. The number of anilines is 1. The summed E-state index contributed by atoms with van der Waals surface area (Å²) < 4.78 is 5.37. The first-order valence-corrected chi connectivity index (χ1v) is 6.34. The maximum Gasteiger partial charge on any atom is 0.128 e. The number of aromatic nitrogens is 2. The van der Waals surface area contributed by atoms with Crippen molar-refractivity contribution < 1.29 is 4.74 Å². The Morgan fingerprint density at radius 3 is 2.45 bits per heavy atom. The number of nitrogens with one attached hydrogen (secondary N) is 1. The van der Waals surface area contributed by atoms with Gasteiger partial charge in [0.05, 0.1) is 18.5 Å². The number of benzene rings is 2. The minimum absolute atomic E-state index is 0.626. The van der Waals surface area contributed by atoms with E-state index >= 15 is 0 Å². The van der Waals surface area contributed by atoms with Gasteiger partial charge in [-0.25, -0.2) is 0 Å². The van der Waals surface area contributed by atoms with E-state index in [1.807, 2.05) is 54.6 Å². The smallest absolute Gasteiger partial charge is 0.128 e. The molecule has 0 saturated carbocycles. The van der Waals surface area contributed by atoms with Gasteiger partial charge in [-0.3, -0.25) is 5.10 Å². The molecule has 4 heteroatoms. The number of rotatable bonds is 3. The number of hydrogen-bond donors (Lipinski definition) is 2. The van der Waals surface area contributed by atoms with E-state index in [4.69, 9.17) is 10.5 Å². The van der Waals surface area contributed by atoms with Crippen LogP contribution in [-0.4, -0.2) is 17.3 Å². The fourth-order valence-corrected chi connectivity index (χ4v) is 2.22. The molecule has 0 aliphatic carbocycles. The number of H-pyrrole nitrogens is 1. The van der Waals surface area contributed by atoms with Crippen molar-refractivity contribution in [3.8, 4) is 28.3 Å². The van der Waals surface area contributed by atoms with E-state index in [0.717, 1.165) is 28.3 Å². The van der Waals surface area contributed by atoms with Crippen LogP contribution in [0.3, 0.4) is 0 Å². The molecule has 2 aromatic carbocycles. The molecule has 100 valence electrons. The minimum atomic E-state index is 0.626. The number of nitrogens with two attached hydrogens (primary N) is 1. The van der Waals surface area contributed by atoms with Crippen LogP contribution < -0.4 is 10.5 Å². The van der Waals surface area contributed by atoms with Crippen molar-refractivity contribution in [1.82, 2.24) is 10.2 Å². The topological polar surface area (TPSA) is 63.9 Å². The molecule has 3 rings (SSSR count). The van der Waals surface area contributed by atoms with E-state index in [1.165, 1.54) is 0 Å². The lowest BCUT2D eigenvalue weighted by Crippen LogP contribution is -1.92. The van der Waals surface area contributed by atoms with Gasteiger partial charge in [-0.05, 0) is 12.1 Å². The molecule has 0 fully saturated rings. The van der Waals surface area contributed by atoms with Crippen molar-refractivity contribution in [2.24, 2.45) is 0 Å². The molecule has 0 spiro atoms. The molecular weight excluding hydrogens is 250 g/mol. The van der Waals surface area contributed by atoms with Gasteiger partial charge in [0, 0.05) is 11.1 Å². The molecule has 0 amide bonds.